The number of aromatic nitrogens is 4. The number of fused-ring (bicyclic) bond motifs is 1. The van der Waals surface area contributed by atoms with Gasteiger partial charge in [-0.05, 0) is 0 Å². The van der Waals surface area contributed by atoms with E-state index in [4.69, 9.17) is 16.0 Å². The predicted molar refractivity (Wildman–Crippen MR) is 76.2 cm³/mol. The zero-order valence-electron chi connectivity index (χ0n) is 11.5. The van der Waals surface area contributed by atoms with Gasteiger partial charge in [0.25, 0.3) is 0 Å². The summed E-state index contributed by atoms with van der Waals surface area (Å²) in [6.07, 6.45) is -3.03. The van der Waals surface area contributed by atoms with Gasteiger partial charge in [-0.25, -0.2) is 9.17 Å². The number of nitrogens with two attached hydrogens (primary N) is 2. The summed E-state index contributed by atoms with van der Waals surface area (Å²) in [5.41, 5.74) is 11.7. The number of nitrogen functional groups attached to an aromatic ring is 2. The van der Waals surface area contributed by atoms with Crippen molar-refractivity contribution in [2.45, 2.75) is 30.8 Å². The molecule has 1 aliphatic carbocycles. The molecule has 23 heavy (non-hydrogen) atoms. The number of hydrogen-bond acceptors (Lipinski definition) is 10. The van der Waals surface area contributed by atoms with Crippen LogP contribution in [0.4, 0.5) is 11.8 Å². The maximum atomic E-state index is 10.8. The van der Waals surface area contributed by atoms with Crippen molar-refractivity contribution in [1.29, 1.82) is 0 Å². The van der Waals surface area contributed by atoms with Crippen molar-refractivity contribution in [3.63, 3.8) is 0 Å². The van der Waals surface area contributed by atoms with Crippen LogP contribution in [0.15, 0.2) is 6.33 Å². The fraction of sp³-hybridized carbons (Fsp3) is 0.500. The van der Waals surface area contributed by atoms with Crippen molar-refractivity contribution in [3.8, 4) is 0 Å². The number of hydrogen-bond donors (Lipinski definition) is 5. The summed E-state index contributed by atoms with van der Waals surface area (Å²) < 4.78 is 36.1. The molecule has 0 spiro atoms. The van der Waals surface area contributed by atoms with Crippen LogP contribution >= 0.6 is 0 Å². The van der Waals surface area contributed by atoms with Gasteiger partial charge >= 0.3 is 10.4 Å². The van der Waals surface area contributed by atoms with Gasteiger partial charge in [-0.3, -0.25) is 4.55 Å². The van der Waals surface area contributed by atoms with E-state index in [2.05, 4.69) is 19.1 Å². The molecule has 0 radical (unpaired) electrons. The fourth-order valence-electron chi connectivity index (χ4n) is 2.69. The lowest BCUT2D eigenvalue weighted by atomic mass is 10.2. The Hall–Kier alpha value is -2.06. The molecular formula is C10H14N6O6S. The van der Waals surface area contributed by atoms with Crippen molar-refractivity contribution in [2.75, 3.05) is 11.5 Å². The highest BCUT2D eigenvalue weighted by atomic mass is 32.3. The standard InChI is InChI=1S/C10H14N6O6S/c11-8-5-9(15-10(12)14-8)16(2-13-5)3-1-4(7(18)6(3)17)22-23(19,20)21/h2-4,6-7,17-18H,1H2,(H,19,20,21)(H4,11,12,14,15)/t3-,4-,6+,7-/m1/s1. The number of aliphatic hydroxyl groups excluding tert-OH is 2. The molecule has 0 bridgehead atoms. The largest absolute Gasteiger partial charge is 0.397 e. The first-order chi connectivity index (χ1) is 10.7. The normalized spacial score (nSPS) is 28.5. The Morgan fingerprint density at radius 2 is 1.96 bits per heavy atom. The second-order valence-corrected chi connectivity index (χ2v) is 6.19. The molecule has 7 N–H and O–H groups in total. The van der Waals surface area contributed by atoms with Crippen LogP contribution in [0.5, 0.6) is 0 Å². The summed E-state index contributed by atoms with van der Waals surface area (Å²) >= 11 is 0. The highest BCUT2D eigenvalue weighted by Crippen LogP contribution is 2.35. The summed E-state index contributed by atoms with van der Waals surface area (Å²) in [5.74, 6) is -0.0551. The van der Waals surface area contributed by atoms with E-state index in [1.165, 1.54) is 10.9 Å². The van der Waals surface area contributed by atoms with Gasteiger partial charge in [-0.1, -0.05) is 0 Å². The van der Waals surface area contributed by atoms with Crippen LogP contribution in [0.2, 0.25) is 0 Å². The van der Waals surface area contributed by atoms with Gasteiger partial charge < -0.3 is 26.2 Å². The van der Waals surface area contributed by atoms with Crippen molar-refractivity contribution < 1.29 is 27.4 Å². The Morgan fingerprint density at radius 1 is 1.26 bits per heavy atom. The number of aliphatic hydroxyl groups is 2. The molecule has 12 nitrogen and oxygen atoms in total. The van der Waals surface area contributed by atoms with Crippen LogP contribution < -0.4 is 11.5 Å². The second-order valence-electron chi connectivity index (χ2n) is 5.14. The van der Waals surface area contributed by atoms with Crippen LogP contribution in [0, 0.1) is 0 Å². The molecular weight excluding hydrogens is 332 g/mol. The molecule has 3 rings (SSSR count). The van der Waals surface area contributed by atoms with Crippen LogP contribution in [-0.4, -0.2) is 61.0 Å². The Morgan fingerprint density at radius 3 is 2.61 bits per heavy atom. The molecule has 4 atom stereocenters. The van der Waals surface area contributed by atoms with E-state index in [0.29, 0.717) is 0 Å². The monoisotopic (exact) mass is 346 g/mol. The van der Waals surface area contributed by atoms with E-state index in [0.717, 1.165) is 0 Å². The molecule has 1 aliphatic rings. The van der Waals surface area contributed by atoms with Gasteiger partial charge in [-0.2, -0.15) is 18.4 Å². The lowest BCUT2D eigenvalue weighted by molar-refractivity contribution is -0.0173. The lowest BCUT2D eigenvalue weighted by Crippen LogP contribution is -2.33. The summed E-state index contributed by atoms with van der Waals surface area (Å²) in [5, 5.41) is 20.0. The van der Waals surface area contributed by atoms with Crippen molar-refractivity contribution >= 4 is 33.3 Å². The quantitative estimate of drug-likeness (QED) is 0.379. The number of imidazole rings is 1. The van der Waals surface area contributed by atoms with Crippen molar-refractivity contribution in [3.05, 3.63) is 6.33 Å². The zero-order chi connectivity index (χ0) is 16.9. The molecule has 13 heteroatoms. The first-order valence-electron chi connectivity index (χ1n) is 6.44. The van der Waals surface area contributed by atoms with Crippen LogP contribution in [0.3, 0.4) is 0 Å². The summed E-state index contributed by atoms with van der Waals surface area (Å²) in [6, 6.07) is -0.810. The topological polar surface area (TPSA) is 200 Å². The molecule has 1 saturated carbocycles. The van der Waals surface area contributed by atoms with Crippen molar-refractivity contribution in [1.82, 2.24) is 19.5 Å². The van der Waals surface area contributed by atoms with Crippen LogP contribution in [0.25, 0.3) is 11.2 Å². The van der Waals surface area contributed by atoms with Crippen LogP contribution in [0.1, 0.15) is 12.5 Å². The smallest absolute Gasteiger partial charge is 0.388 e. The van der Waals surface area contributed by atoms with Gasteiger partial charge in [0.15, 0.2) is 11.5 Å². The summed E-state index contributed by atoms with van der Waals surface area (Å²) in [7, 11) is -4.77. The van der Waals surface area contributed by atoms with Gasteiger partial charge in [-0.15, -0.1) is 0 Å². The Balaban J connectivity index is 1.99. The average Bonchev–Trinajstić information content (AvgIpc) is 2.94. The molecule has 1 fully saturated rings. The maximum Gasteiger partial charge on any atom is 0.397 e. The average molecular weight is 346 g/mol. The van der Waals surface area contributed by atoms with E-state index in [1.807, 2.05) is 0 Å². The van der Waals surface area contributed by atoms with E-state index in [1.54, 1.807) is 0 Å². The molecule has 0 amide bonds. The van der Waals surface area contributed by atoms with Gasteiger partial charge in [0.1, 0.15) is 23.8 Å². The molecule has 0 saturated heterocycles. The maximum absolute atomic E-state index is 10.8. The minimum Gasteiger partial charge on any atom is -0.388 e. The summed E-state index contributed by atoms with van der Waals surface area (Å²) in [4.78, 5) is 11.8. The Kier molecular flexibility index (Phi) is 3.61. The zero-order valence-corrected chi connectivity index (χ0v) is 12.3. The molecule has 0 aromatic carbocycles. The lowest BCUT2D eigenvalue weighted by Gasteiger charge is -2.17. The van der Waals surface area contributed by atoms with E-state index < -0.39 is 34.8 Å². The molecule has 0 unspecified atom stereocenters. The molecule has 126 valence electrons. The Labute approximate surface area is 129 Å². The van der Waals surface area contributed by atoms with Gasteiger partial charge in [0, 0.05) is 6.42 Å². The minimum atomic E-state index is -4.77. The number of anilines is 2. The third-order valence-electron chi connectivity index (χ3n) is 3.67. The fourth-order valence-corrected chi connectivity index (χ4v) is 3.20. The number of rotatable bonds is 3. The molecule has 2 aromatic heterocycles. The first-order valence-corrected chi connectivity index (χ1v) is 7.81. The highest BCUT2D eigenvalue weighted by molar-refractivity contribution is 7.80. The molecule has 2 aromatic rings. The van der Waals surface area contributed by atoms with Crippen LogP contribution in [-0.2, 0) is 14.6 Å². The minimum absolute atomic E-state index is 0.0463. The van der Waals surface area contributed by atoms with E-state index >= 15 is 0 Å². The SMILES string of the molecule is Nc1nc(N)c2ncn([C@@H]3C[C@@H](OS(=O)(=O)O)[C@@H](O)[C@H]3O)c2n1. The first kappa shape index (κ1) is 15.8. The third-order valence-corrected chi connectivity index (χ3v) is 4.16. The number of nitrogens with zero attached hydrogens (tertiary/aromatic N) is 4. The van der Waals surface area contributed by atoms with Crippen molar-refractivity contribution in [2.24, 2.45) is 0 Å². The third kappa shape index (κ3) is 2.79. The van der Waals surface area contributed by atoms with Gasteiger partial charge in [0.05, 0.1) is 12.4 Å². The van der Waals surface area contributed by atoms with Gasteiger partial charge in [0.2, 0.25) is 5.95 Å². The Bertz CT molecular complexity index is 853. The molecule has 0 aliphatic heterocycles. The predicted octanol–water partition coefficient (Wildman–Crippen LogP) is -2.15. The highest BCUT2D eigenvalue weighted by Gasteiger charge is 2.45. The molecule has 2 heterocycles. The second kappa shape index (κ2) is 5.24. The van der Waals surface area contributed by atoms with E-state index in [9.17, 15) is 18.6 Å². The van der Waals surface area contributed by atoms with E-state index in [-0.39, 0.29) is 29.4 Å². The summed E-state index contributed by atoms with van der Waals surface area (Å²) in [6.45, 7) is 0.